The molecule has 0 amide bonds. The van der Waals surface area contributed by atoms with Crippen LogP contribution in [-0.2, 0) is 0 Å². The van der Waals surface area contributed by atoms with Crippen LogP contribution < -0.4 is 5.32 Å². The van der Waals surface area contributed by atoms with Crippen LogP contribution >= 0.6 is 0 Å². The second kappa shape index (κ2) is 8.55. The van der Waals surface area contributed by atoms with E-state index in [1.54, 1.807) is 0 Å². The summed E-state index contributed by atoms with van der Waals surface area (Å²) in [6.45, 7) is 10.3. The van der Waals surface area contributed by atoms with E-state index in [0.29, 0.717) is 6.04 Å². The number of unbranched alkanes of at least 4 members (excludes halogenated alkanes) is 1. The van der Waals surface area contributed by atoms with E-state index in [1.165, 1.54) is 38.6 Å². The zero-order valence-corrected chi connectivity index (χ0v) is 9.90. The van der Waals surface area contributed by atoms with Crippen molar-refractivity contribution in [1.82, 2.24) is 5.32 Å². The third-order valence-corrected chi connectivity index (χ3v) is 2.90. The van der Waals surface area contributed by atoms with Crippen molar-refractivity contribution >= 4 is 0 Å². The molecule has 80 valence electrons. The van der Waals surface area contributed by atoms with Gasteiger partial charge in [-0.05, 0) is 25.8 Å². The molecular weight excluding hydrogens is 158 g/mol. The van der Waals surface area contributed by atoms with Gasteiger partial charge in [0, 0.05) is 6.04 Å². The Kier molecular flexibility index (Phi) is 8.53. The summed E-state index contributed by atoms with van der Waals surface area (Å²) >= 11 is 0. The molecular formula is C12H27N. The van der Waals surface area contributed by atoms with Gasteiger partial charge in [-0.25, -0.2) is 0 Å². The molecule has 0 bridgehead atoms. The third-order valence-electron chi connectivity index (χ3n) is 2.90. The zero-order chi connectivity index (χ0) is 10.1. The Morgan fingerprint density at radius 1 is 1.08 bits per heavy atom. The second-order valence-corrected chi connectivity index (χ2v) is 4.13. The normalized spacial score (nSPS) is 13.6. The van der Waals surface area contributed by atoms with Crippen molar-refractivity contribution in [3.8, 4) is 0 Å². The lowest BCUT2D eigenvalue weighted by molar-refractivity contribution is 0.402. The van der Waals surface area contributed by atoms with Crippen LogP contribution in [0.4, 0.5) is 0 Å². The Balaban J connectivity index is 3.38. The molecule has 0 radical (unpaired) electrons. The van der Waals surface area contributed by atoms with Crippen molar-refractivity contribution in [3.63, 3.8) is 0 Å². The Hall–Kier alpha value is -0.0400. The quantitative estimate of drug-likeness (QED) is 0.609. The predicted octanol–water partition coefficient (Wildman–Crippen LogP) is 3.59. The Morgan fingerprint density at radius 3 is 2.15 bits per heavy atom. The largest absolute Gasteiger partial charge is 0.314 e. The molecule has 0 heterocycles. The molecule has 0 saturated carbocycles. The molecule has 0 aromatic carbocycles. The van der Waals surface area contributed by atoms with Crippen LogP contribution in [0.5, 0.6) is 0 Å². The molecule has 0 rings (SSSR count). The van der Waals surface area contributed by atoms with Gasteiger partial charge in [-0.15, -0.1) is 0 Å². The molecule has 0 aliphatic carbocycles. The second-order valence-electron chi connectivity index (χ2n) is 4.13. The fraction of sp³-hybridized carbons (Fsp3) is 1.00. The number of nitrogens with one attached hydrogen (secondary N) is 1. The van der Waals surface area contributed by atoms with Gasteiger partial charge in [-0.3, -0.25) is 0 Å². The Bertz CT molecular complexity index is 97.3. The first-order valence-electron chi connectivity index (χ1n) is 5.97. The van der Waals surface area contributed by atoms with E-state index in [-0.39, 0.29) is 0 Å². The number of hydrogen-bond donors (Lipinski definition) is 1. The SMILES string of the molecule is CCCCC(C)NCC(CC)CC. The minimum atomic E-state index is 0.709. The molecule has 0 aliphatic heterocycles. The summed E-state index contributed by atoms with van der Waals surface area (Å²) in [6, 6.07) is 0.709. The lowest BCUT2D eigenvalue weighted by atomic mass is 10.0. The predicted molar refractivity (Wildman–Crippen MR) is 61.1 cm³/mol. The highest BCUT2D eigenvalue weighted by molar-refractivity contribution is 4.64. The van der Waals surface area contributed by atoms with Gasteiger partial charge in [0.2, 0.25) is 0 Å². The van der Waals surface area contributed by atoms with Crippen molar-refractivity contribution in [1.29, 1.82) is 0 Å². The molecule has 0 aromatic heterocycles. The molecule has 13 heavy (non-hydrogen) atoms. The minimum Gasteiger partial charge on any atom is -0.314 e. The first-order chi connectivity index (χ1) is 6.24. The maximum absolute atomic E-state index is 3.62. The van der Waals surface area contributed by atoms with Crippen molar-refractivity contribution in [2.75, 3.05) is 6.54 Å². The highest BCUT2D eigenvalue weighted by atomic mass is 14.9. The van der Waals surface area contributed by atoms with Gasteiger partial charge in [0.1, 0.15) is 0 Å². The summed E-state index contributed by atoms with van der Waals surface area (Å²) in [5, 5.41) is 3.62. The first kappa shape index (κ1) is 13.0. The van der Waals surface area contributed by atoms with Gasteiger partial charge >= 0.3 is 0 Å². The minimum absolute atomic E-state index is 0.709. The summed E-state index contributed by atoms with van der Waals surface area (Å²) in [5.41, 5.74) is 0. The van der Waals surface area contributed by atoms with Crippen molar-refractivity contribution in [2.24, 2.45) is 5.92 Å². The van der Waals surface area contributed by atoms with Crippen LogP contribution in [0.1, 0.15) is 59.8 Å². The topological polar surface area (TPSA) is 12.0 Å². The standard InChI is InChI=1S/C12H27N/c1-5-8-9-11(4)13-10-12(6-2)7-3/h11-13H,5-10H2,1-4H3. The van der Waals surface area contributed by atoms with E-state index < -0.39 is 0 Å². The van der Waals surface area contributed by atoms with Crippen molar-refractivity contribution in [3.05, 3.63) is 0 Å². The van der Waals surface area contributed by atoms with E-state index in [1.807, 2.05) is 0 Å². The van der Waals surface area contributed by atoms with Crippen LogP contribution in [0.15, 0.2) is 0 Å². The summed E-state index contributed by atoms with van der Waals surface area (Å²) in [4.78, 5) is 0. The fourth-order valence-electron chi connectivity index (χ4n) is 1.56. The van der Waals surface area contributed by atoms with Gasteiger partial charge in [0.25, 0.3) is 0 Å². The van der Waals surface area contributed by atoms with Crippen LogP contribution in [-0.4, -0.2) is 12.6 Å². The molecule has 0 saturated heterocycles. The molecule has 0 aromatic rings. The van der Waals surface area contributed by atoms with Crippen molar-refractivity contribution in [2.45, 2.75) is 65.8 Å². The van der Waals surface area contributed by atoms with Crippen LogP contribution in [0.2, 0.25) is 0 Å². The molecule has 1 heteroatoms. The fourth-order valence-corrected chi connectivity index (χ4v) is 1.56. The monoisotopic (exact) mass is 185 g/mol. The molecule has 0 aliphatic rings. The molecule has 1 N–H and O–H groups in total. The lowest BCUT2D eigenvalue weighted by Gasteiger charge is -2.18. The first-order valence-corrected chi connectivity index (χ1v) is 5.97. The highest BCUT2D eigenvalue weighted by Crippen LogP contribution is 2.07. The van der Waals surface area contributed by atoms with Gasteiger partial charge in [0.15, 0.2) is 0 Å². The van der Waals surface area contributed by atoms with Gasteiger partial charge in [-0.1, -0.05) is 46.5 Å². The molecule has 0 fully saturated rings. The van der Waals surface area contributed by atoms with Crippen molar-refractivity contribution < 1.29 is 0 Å². The molecule has 1 unspecified atom stereocenters. The maximum Gasteiger partial charge on any atom is 0.00388 e. The summed E-state index contributed by atoms with van der Waals surface area (Å²) in [7, 11) is 0. The van der Waals surface area contributed by atoms with Gasteiger partial charge in [-0.2, -0.15) is 0 Å². The number of hydrogen-bond acceptors (Lipinski definition) is 1. The smallest absolute Gasteiger partial charge is 0.00388 e. The lowest BCUT2D eigenvalue weighted by Crippen LogP contribution is -2.30. The third kappa shape index (κ3) is 7.06. The van der Waals surface area contributed by atoms with Crippen LogP contribution in [0.3, 0.4) is 0 Å². The maximum atomic E-state index is 3.62. The zero-order valence-electron chi connectivity index (χ0n) is 9.90. The van der Waals surface area contributed by atoms with Gasteiger partial charge in [0.05, 0.1) is 0 Å². The average molecular weight is 185 g/mol. The highest BCUT2D eigenvalue weighted by Gasteiger charge is 2.05. The average Bonchev–Trinajstić information content (AvgIpc) is 2.16. The summed E-state index contributed by atoms with van der Waals surface area (Å²) < 4.78 is 0. The molecule has 1 nitrogen and oxygen atoms in total. The van der Waals surface area contributed by atoms with E-state index in [0.717, 1.165) is 5.92 Å². The van der Waals surface area contributed by atoms with E-state index in [9.17, 15) is 0 Å². The van der Waals surface area contributed by atoms with E-state index >= 15 is 0 Å². The summed E-state index contributed by atoms with van der Waals surface area (Å²) in [5.74, 6) is 0.879. The van der Waals surface area contributed by atoms with E-state index in [2.05, 4.69) is 33.0 Å². The molecule has 0 spiro atoms. The number of rotatable bonds is 8. The Morgan fingerprint density at radius 2 is 1.69 bits per heavy atom. The summed E-state index contributed by atoms with van der Waals surface area (Å²) in [6.07, 6.45) is 6.62. The van der Waals surface area contributed by atoms with Crippen LogP contribution in [0, 0.1) is 5.92 Å². The van der Waals surface area contributed by atoms with Gasteiger partial charge < -0.3 is 5.32 Å². The van der Waals surface area contributed by atoms with E-state index in [4.69, 9.17) is 0 Å². The van der Waals surface area contributed by atoms with Crippen LogP contribution in [0.25, 0.3) is 0 Å². The Labute approximate surface area is 84.3 Å². The molecule has 1 atom stereocenters.